The highest BCUT2D eigenvalue weighted by Crippen LogP contribution is 2.49. The molecule has 0 aliphatic rings. The molecule has 0 N–H and O–H groups in total. The molecule has 12 rings (SSSR count). The van der Waals surface area contributed by atoms with Crippen LogP contribution in [-0.2, 0) is 0 Å². The van der Waals surface area contributed by atoms with Crippen molar-refractivity contribution in [2.75, 3.05) is 0 Å². The van der Waals surface area contributed by atoms with Gasteiger partial charge >= 0.3 is 0 Å². The Labute approximate surface area is 320 Å². The highest BCUT2D eigenvalue weighted by atomic mass is 32.1. The Morgan fingerprint density at radius 3 is 1.62 bits per heavy atom. The largest absolute Gasteiger partial charge is 0.456 e. The van der Waals surface area contributed by atoms with E-state index in [1.807, 2.05) is 17.4 Å². The fourth-order valence-corrected chi connectivity index (χ4v) is 10.1. The summed E-state index contributed by atoms with van der Waals surface area (Å²) in [6.45, 7) is 0. The van der Waals surface area contributed by atoms with Crippen LogP contribution in [0.2, 0.25) is 0 Å². The Kier molecular flexibility index (Phi) is 6.54. The van der Waals surface area contributed by atoms with E-state index in [9.17, 15) is 0 Å². The lowest BCUT2D eigenvalue weighted by Gasteiger charge is -2.18. The molecule has 0 bridgehead atoms. The van der Waals surface area contributed by atoms with Crippen LogP contribution in [0.15, 0.2) is 191 Å². The molecule has 2 nitrogen and oxygen atoms in total. The van der Waals surface area contributed by atoms with Gasteiger partial charge in [-0.1, -0.05) is 152 Å². The second kappa shape index (κ2) is 11.8. The first-order valence-electron chi connectivity index (χ1n) is 18.7. The minimum Gasteiger partial charge on any atom is -0.456 e. The van der Waals surface area contributed by atoms with Gasteiger partial charge in [0.2, 0.25) is 0 Å². The van der Waals surface area contributed by atoms with E-state index in [4.69, 9.17) is 8.83 Å². The molecule has 0 aliphatic carbocycles. The van der Waals surface area contributed by atoms with E-state index in [-0.39, 0.29) is 0 Å². The van der Waals surface area contributed by atoms with Crippen LogP contribution < -0.4 is 0 Å². The Balaban J connectivity index is 1.14. The molecule has 0 spiro atoms. The molecule has 9 aromatic carbocycles. The van der Waals surface area contributed by atoms with E-state index in [0.29, 0.717) is 0 Å². The molecule has 0 unspecified atom stereocenters. The molecule has 0 fully saturated rings. The van der Waals surface area contributed by atoms with Crippen LogP contribution in [-0.4, -0.2) is 0 Å². The number of rotatable bonds is 4. The topological polar surface area (TPSA) is 26.3 Å². The average molecular weight is 719 g/mol. The monoisotopic (exact) mass is 718 g/mol. The van der Waals surface area contributed by atoms with Crippen molar-refractivity contribution < 1.29 is 8.83 Å². The smallest absolute Gasteiger partial charge is 0.143 e. The van der Waals surface area contributed by atoms with Gasteiger partial charge in [-0.2, -0.15) is 0 Å². The van der Waals surface area contributed by atoms with E-state index < -0.39 is 0 Å². The quantitative estimate of drug-likeness (QED) is 0.169. The Hall–Kier alpha value is -6.94. The summed E-state index contributed by atoms with van der Waals surface area (Å²) in [5.41, 5.74) is 10.6. The van der Waals surface area contributed by atoms with Crippen molar-refractivity contribution in [3.05, 3.63) is 182 Å². The zero-order valence-corrected chi connectivity index (χ0v) is 30.4. The summed E-state index contributed by atoms with van der Waals surface area (Å²) in [5, 5.41) is 10.7. The Bertz CT molecular complexity index is 3420. The van der Waals surface area contributed by atoms with Crippen molar-refractivity contribution in [1.82, 2.24) is 0 Å². The van der Waals surface area contributed by atoms with Gasteiger partial charge in [0.05, 0.1) is 0 Å². The molecule has 12 aromatic rings. The zero-order chi connectivity index (χ0) is 36.0. The lowest BCUT2D eigenvalue weighted by molar-refractivity contribution is 0.632. The van der Waals surface area contributed by atoms with Crippen molar-refractivity contribution in [2.45, 2.75) is 0 Å². The van der Waals surface area contributed by atoms with Crippen LogP contribution >= 0.6 is 11.3 Å². The maximum atomic E-state index is 6.83. The molecule has 0 atom stereocenters. The summed E-state index contributed by atoms with van der Waals surface area (Å²) in [6.07, 6.45) is 0. The highest BCUT2D eigenvalue weighted by molar-refractivity contribution is 7.25. The molecular formula is C52H30O2S. The number of hydrogen-bond acceptors (Lipinski definition) is 3. The third-order valence-corrected chi connectivity index (χ3v) is 12.4. The van der Waals surface area contributed by atoms with Gasteiger partial charge in [-0.25, -0.2) is 0 Å². The van der Waals surface area contributed by atoms with Crippen molar-refractivity contribution in [2.24, 2.45) is 0 Å². The third-order valence-electron chi connectivity index (χ3n) is 11.3. The molecule has 3 heteroatoms. The average Bonchev–Trinajstić information content (AvgIpc) is 3.93. The number of thiophene rings is 1. The van der Waals surface area contributed by atoms with Gasteiger partial charge in [0.1, 0.15) is 22.5 Å². The summed E-state index contributed by atoms with van der Waals surface area (Å²) in [5.74, 6) is 0.861. The molecule has 0 radical (unpaired) electrons. The van der Waals surface area contributed by atoms with E-state index in [2.05, 4.69) is 176 Å². The molecule has 55 heavy (non-hydrogen) atoms. The number of hydrogen-bond donors (Lipinski definition) is 0. The molecule has 0 saturated heterocycles. The fraction of sp³-hybridized carbons (Fsp3) is 0. The van der Waals surface area contributed by atoms with Gasteiger partial charge in [0.15, 0.2) is 0 Å². The minimum atomic E-state index is 0.837. The van der Waals surface area contributed by atoms with Crippen LogP contribution in [0, 0.1) is 0 Å². The predicted octanol–water partition coefficient (Wildman–Crippen LogP) is 15.7. The van der Waals surface area contributed by atoms with Crippen molar-refractivity contribution in [1.29, 1.82) is 0 Å². The van der Waals surface area contributed by atoms with Crippen LogP contribution in [0.1, 0.15) is 0 Å². The maximum Gasteiger partial charge on any atom is 0.143 e. The van der Waals surface area contributed by atoms with E-state index >= 15 is 0 Å². The first-order chi connectivity index (χ1) is 27.3. The number of furan rings is 2. The minimum absolute atomic E-state index is 0.837. The lowest BCUT2D eigenvalue weighted by Crippen LogP contribution is -1.91. The first-order valence-corrected chi connectivity index (χ1v) is 19.5. The van der Waals surface area contributed by atoms with Crippen molar-refractivity contribution >= 4 is 86.0 Å². The predicted molar refractivity (Wildman–Crippen MR) is 233 cm³/mol. The third kappa shape index (κ3) is 4.54. The summed E-state index contributed by atoms with van der Waals surface area (Å²) >= 11 is 1.87. The van der Waals surface area contributed by atoms with Crippen LogP contribution in [0.4, 0.5) is 0 Å². The zero-order valence-electron chi connectivity index (χ0n) is 29.5. The summed E-state index contributed by atoms with van der Waals surface area (Å²) < 4.78 is 16.2. The van der Waals surface area contributed by atoms with Gasteiger partial charge in [-0.15, -0.1) is 11.3 Å². The second-order valence-corrected chi connectivity index (χ2v) is 15.4. The Morgan fingerprint density at radius 2 is 0.891 bits per heavy atom. The van der Waals surface area contributed by atoms with E-state index in [1.165, 1.54) is 58.4 Å². The molecule has 256 valence electrons. The lowest BCUT2D eigenvalue weighted by atomic mass is 9.85. The second-order valence-electron chi connectivity index (χ2n) is 14.3. The Morgan fingerprint density at radius 1 is 0.309 bits per heavy atom. The first kappa shape index (κ1) is 30.5. The van der Waals surface area contributed by atoms with Crippen LogP contribution in [0.25, 0.3) is 119 Å². The van der Waals surface area contributed by atoms with Gasteiger partial charge in [-0.3, -0.25) is 0 Å². The summed E-state index contributed by atoms with van der Waals surface area (Å²) in [7, 11) is 0. The number of fused-ring (bicyclic) bond motifs is 9. The van der Waals surface area contributed by atoms with Crippen molar-refractivity contribution in [3.8, 4) is 44.7 Å². The standard InChI is InChI=1S/C52H30O2S/c1-3-14-31(15-4-1)49-41-29-44-42(30-45(41)54-52(49)32-16-5-2-6-17-32)51-40(23-13-24-43(51)53-44)50-38-21-9-7-19-36(38)48(37-20-8-10-22-39(37)50)33-26-27-35-34-18-11-12-25-46(34)55-47(35)28-33/h1-30H. The SMILES string of the molecule is c1ccc(-c2oc3cc4c(cc3c2-c2ccccc2)oc2cccc(-c3c5ccccc5c(-c5ccc6c(c5)sc5ccccc56)c5ccccc35)c24)cc1. The van der Waals surface area contributed by atoms with Crippen LogP contribution in [0.3, 0.4) is 0 Å². The van der Waals surface area contributed by atoms with E-state index in [0.717, 1.165) is 60.9 Å². The maximum absolute atomic E-state index is 6.83. The molecule has 3 heterocycles. The highest BCUT2D eigenvalue weighted by Gasteiger charge is 2.23. The fourth-order valence-electron chi connectivity index (χ4n) is 8.92. The normalized spacial score (nSPS) is 12.0. The molecular weight excluding hydrogens is 689 g/mol. The summed E-state index contributed by atoms with van der Waals surface area (Å²) in [6, 6.07) is 65.2. The number of benzene rings is 9. The van der Waals surface area contributed by atoms with Crippen LogP contribution in [0.5, 0.6) is 0 Å². The summed E-state index contributed by atoms with van der Waals surface area (Å²) in [4.78, 5) is 0. The molecule has 0 aliphatic heterocycles. The van der Waals surface area contributed by atoms with Gasteiger partial charge in [-0.05, 0) is 79.7 Å². The molecule has 3 aromatic heterocycles. The van der Waals surface area contributed by atoms with E-state index in [1.54, 1.807) is 0 Å². The molecule has 0 amide bonds. The van der Waals surface area contributed by atoms with Crippen molar-refractivity contribution in [3.63, 3.8) is 0 Å². The van der Waals surface area contributed by atoms with Gasteiger partial charge < -0.3 is 8.83 Å². The van der Waals surface area contributed by atoms with Gasteiger partial charge in [0.25, 0.3) is 0 Å². The molecule has 0 saturated carbocycles. The van der Waals surface area contributed by atoms with Gasteiger partial charge in [0, 0.05) is 47.5 Å².